The van der Waals surface area contributed by atoms with Crippen molar-refractivity contribution in [2.45, 2.75) is 58.4 Å². The highest BCUT2D eigenvalue weighted by Gasteiger charge is 2.30. The first-order valence-corrected chi connectivity index (χ1v) is 6.57. The molecule has 1 saturated carbocycles. The van der Waals surface area contributed by atoms with Crippen molar-refractivity contribution in [1.82, 2.24) is 5.32 Å². The predicted molar refractivity (Wildman–Crippen MR) is 65.3 cm³/mol. The van der Waals surface area contributed by atoms with Crippen molar-refractivity contribution in [3.05, 3.63) is 0 Å². The van der Waals surface area contributed by atoms with E-state index in [0.29, 0.717) is 6.04 Å². The first-order chi connectivity index (χ1) is 7.27. The molecule has 0 aromatic rings. The molecule has 0 radical (unpaired) electrons. The first-order valence-electron chi connectivity index (χ1n) is 6.57. The standard InChI is InChI=1S/C13H24N2/c1-10-7-8-12(11(10)2)15-13-6-4-3-5-9-14-13/h10-12H,3-9H2,1-2H3,(H,14,15). The zero-order valence-corrected chi connectivity index (χ0v) is 10.1. The van der Waals surface area contributed by atoms with E-state index >= 15 is 0 Å². The van der Waals surface area contributed by atoms with Crippen LogP contribution in [0, 0.1) is 11.8 Å². The summed E-state index contributed by atoms with van der Waals surface area (Å²) in [6, 6.07) is 0.692. The van der Waals surface area contributed by atoms with Gasteiger partial charge in [-0.25, -0.2) is 0 Å². The van der Waals surface area contributed by atoms with Gasteiger partial charge in [-0.05, 0) is 37.5 Å². The Morgan fingerprint density at radius 1 is 1.13 bits per heavy atom. The molecule has 0 bridgehead atoms. The summed E-state index contributed by atoms with van der Waals surface area (Å²) in [6.07, 6.45) is 7.85. The van der Waals surface area contributed by atoms with Gasteiger partial charge in [-0.3, -0.25) is 4.99 Å². The molecule has 1 aliphatic carbocycles. The van der Waals surface area contributed by atoms with Crippen LogP contribution in [0.25, 0.3) is 0 Å². The fourth-order valence-electron chi connectivity index (χ4n) is 2.77. The van der Waals surface area contributed by atoms with Crippen LogP contribution in [0.1, 0.15) is 52.4 Å². The maximum absolute atomic E-state index is 4.65. The molecule has 1 fully saturated rings. The van der Waals surface area contributed by atoms with Gasteiger partial charge in [-0.2, -0.15) is 0 Å². The normalized spacial score (nSPS) is 37.2. The second kappa shape index (κ2) is 5.00. The molecular weight excluding hydrogens is 184 g/mol. The van der Waals surface area contributed by atoms with Gasteiger partial charge < -0.3 is 5.32 Å². The first kappa shape index (κ1) is 11.0. The number of rotatable bonds is 1. The van der Waals surface area contributed by atoms with Crippen LogP contribution in [0.2, 0.25) is 0 Å². The third-order valence-corrected chi connectivity index (χ3v) is 4.19. The summed E-state index contributed by atoms with van der Waals surface area (Å²) in [5.74, 6) is 2.99. The predicted octanol–water partition coefficient (Wildman–Crippen LogP) is 2.98. The summed E-state index contributed by atoms with van der Waals surface area (Å²) < 4.78 is 0. The maximum Gasteiger partial charge on any atom is 0.0965 e. The molecule has 3 unspecified atom stereocenters. The lowest BCUT2D eigenvalue weighted by molar-refractivity contribution is 0.401. The molecule has 2 aliphatic rings. The maximum atomic E-state index is 4.65. The highest BCUT2D eigenvalue weighted by atomic mass is 15.0. The highest BCUT2D eigenvalue weighted by molar-refractivity contribution is 5.82. The molecule has 0 aromatic heterocycles. The lowest BCUT2D eigenvalue weighted by Gasteiger charge is -2.21. The Bertz CT molecular complexity index is 235. The molecule has 2 nitrogen and oxygen atoms in total. The zero-order chi connectivity index (χ0) is 10.7. The van der Waals surface area contributed by atoms with Crippen molar-refractivity contribution in [1.29, 1.82) is 0 Å². The van der Waals surface area contributed by atoms with Crippen molar-refractivity contribution >= 4 is 5.84 Å². The van der Waals surface area contributed by atoms with Gasteiger partial charge >= 0.3 is 0 Å². The largest absolute Gasteiger partial charge is 0.371 e. The van der Waals surface area contributed by atoms with Crippen molar-refractivity contribution in [2.24, 2.45) is 16.8 Å². The van der Waals surface area contributed by atoms with Crippen molar-refractivity contribution < 1.29 is 0 Å². The molecule has 2 rings (SSSR count). The molecule has 0 amide bonds. The summed E-state index contributed by atoms with van der Waals surface area (Å²) in [6.45, 7) is 5.80. The third-order valence-electron chi connectivity index (χ3n) is 4.19. The molecular formula is C13H24N2. The molecule has 0 spiro atoms. The fraction of sp³-hybridized carbons (Fsp3) is 0.923. The third kappa shape index (κ3) is 2.73. The average molecular weight is 208 g/mol. The Morgan fingerprint density at radius 3 is 2.73 bits per heavy atom. The molecule has 3 atom stereocenters. The molecule has 1 N–H and O–H groups in total. The van der Waals surface area contributed by atoms with E-state index < -0.39 is 0 Å². The summed E-state index contributed by atoms with van der Waals surface area (Å²) >= 11 is 0. The van der Waals surface area contributed by atoms with E-state index in [1.54, 1.807) is 0 Å². The number of aliphatic imine (C=N–C) groups is 1. The Labute approximate surface area is 93.6 Å². The quantitative estimate of drug-likeness (QED) is 0.704. The smallest absolute Gasteiger partial charge is 0.0965 e. The van der Waals surface area contributed by atoms with Crippen LogP contribution in [-0.2, 0) is 0 Å². The molecule has 0 saturated heterocycles. The van der Waals surface area contributed by atoms with Gasteiger partial charge in [0.1, 0.15) is 0 Å². The van der Waals surface area contributed by atoms with E-state index in [4.69, 9.17) is 0 Å². The summed E-state index contributed by atoms with van der Waals surface area (Å²) in [4.78, 5) is 4.65. The topological polar surface area (TPSA) is 24.4 Å². The van der Waals surface area contributed by atoms with Crippen LogP contribution < -0.4 is 5.32 Å². The van der Waals surface area contributed by atoms with Crippen LogP contribution in [0.3, 0.4) is 0 Å². The van der Waals surface area contributed by atoms with Gasteiger partial charge in [0.25, 0.3) is 0 Å². The fourth-order valence-corrected chi connectivity index (χ4v) is 2.77. The number of nitrogens with one attached hydrogen (secondary N) is 1. The van der Waals surface area contributed by atoms with Gasteiger partial charge in [0, 0.05) is 19.0 Å². The average Bonchev–Trinajstić information content (AvgIpc) is 2.50. The minimum absolute atomic E-state index is 0.692. The van der Waals surface area contributed by atoms with E-state index in [1.807, 2.05) is 0 Å². The lowest BCUT2D eigenvalue weighted by Crippen LogP contribution is -2.37. The van der Waals surface area contributed by atoms with E-state index in [1.165, 1.54) is 44.4 Å². The number of amidine groups is 1. The molecule has 15 heavy (non-hydrogen) atoms. The van der Waals surface area contributed by atoms with Crippen LogP contribution >= 0.6 is 0 Å². The second-order valence-electron chi connectivity index (χ2n) is 5.30. The molecule has 1 aliphatic heterocycles. The van der Waals surface area contributed by atoms with Gasteiger partial charge in [0.05, 0.1) is 5.84 Å². The van der Waals surface area contributed by atoms with Crippen LogP contribution in [0.5, 0.6) is 0 Å². The minimum Gasteiger partial charge on any atom is -0.371 e. The van der Waals surface area contributed by atoms with E-state index in [2.05, 4.69) is 24.2 Å². The molecule has 86 valence electrons. The summed E-state index contributed by atoms with van der Waals surface area (Å²) in [5.41, 5.74) is 0. The molecule has 1 heterocycles. The van der Waals surface area contributed by atoms with E-state index in [0.717, 1.165) is 18.4 Å². The monoisotopic (exact) mass is 208 g/mol. The Morgan fingerprint density at radius 2 is 2.00 bits per heavy atom. The minimum atomic E-state index is 0.692. The molecule has 0 aromatic carbocycles. The number of hydrogen-bond donors (Lipinski definition) is 1. The Kier molecular flexibility index (Phi) is 3.66. The van der Waals surface area contributed by atoms with Gasteiger partial charge in [0.15, 0.2) is 0 Å². The zero-order valence-electron chi connectivity index (χ0n) is 10.1. The molecule has 2 heteroatoms. The van der Waals surface area contributed by atoms with E-state index in [9.17, 15) is 0 Å². The van der Waals surface area contributed by atoms with Crippen molar-refractivity contribution in [2.75, 3.05) is 6.54 Å². The SMILES string of the molecule is CC1CCC(NC2=NCCCCC2)C1C. The van der Waals surface area contributed by atoms with Crippen LogP contribution in [0.15, 0.2) is 4.99 Å². The summed E-state index contributed by atoms with van der Waals surface area (Å²) in [7, 11) is 0. The Hall–Kier alpha value is -0.530. The summed E-state index contributed by atoms with van der Waals surface area (Å²) in [5, 5.41) is 3.69. The van der Waals surface area contributed by atoms with Gasteiger partial charge in [-0.15, -0.1) is 0 Å². The highest BCUT2D eigenvalue weighted by Crippen LogP contribution is 2.31. The number of hydrogen-bond acceptors (Lipinski definition) is 2. The van der Waals surface area contributed by atoms with Crippen molar-refractivity contribution in [3.63, 3.8) is 0 Å². The second-order valence-corrected chi connectivity index (χ2v) is 5.30. The number of nitrogens with zero attached hydrogens (tertiary/aromatic N) is 1. The van der Waals surface area contributed by atoms with Gasteiger partial charge in [0.2, 0.25) is 0 Å². The van der Waals surface area contributed by atoms with Crippen LogP contribution in [-0.4, -0.2) is 18.4 Å². The van der Waals surface area contributed by atoms with Crippen molar-refractivity contribution in [3.8, 4) is 0 Å². The van der Waals surface area contributed by atoms with Gasteiger partial charge in [-0.1, -0.05) is 20.3 Å². The Balaban J connectivity index is 1.88. The lowest BCUT2D eigenvalue weighted by atomic mass is 9.97. The van der Waals surface area contributed by atoms with Crippen LogP contribution in [0.4, 0.5) is 0 Å². The van der Waals surface area contributed by atoms with E-state index in [-0.39, 0.29) is 0 Å².